The number of phenols is 1. The van der Waals surface area contributed by atoms with E-state index in [4.69, 9.17) is 5.26 Å². The van der Waals surface area contributed by atoms with Crippen molar-refractivity contribution >= 4 is 32.8 Å². The molecule has 0 amide bonds. The minimum atomic E-state index is -3.99. The number of aromatic hydroxyl groups is 1. The average molecular weight is 515 g/mol. The molecule has 0 spiro atoms. The molecule has 0 saturated carbocycles. The van der Waals surface area contributed by atoms with Gasteiger partial charge in [0.15, 0.2) is 17.4 Å². The Kier molecular flexibility index (Phi) is 6.34. The number of ketones is 1. The van der Waals surface area contributed by atoms with Crippen LogP contribution in [0.5, 0.6) is 5.75 Å². The summed E-state index contributed by atoms with van der Waals surface area (Å²) in [6.45, 7) is 0. The van der Waals surface area contributed by atoms with Crippen molar-refractivity contribution in [3.63, 3.8) is 0 Å². The van der Waals surface area contributed by atoms with Crippen LogP contribution in [-0.2, 0) is 10.0 Å². The molecule has 0 radical (unpaired) electrons. The van der Waals surface area contributed by atoms with Crippen LogP contribution in [0.2, 0.25) is 0 Å². The highest BCUT2D eigenvalue weighted by atomic mass is 32.2. The average Bonchev–Trinajstić information content (AvgIpc) is 3.35. The Bertz CT molecular complexity index is 1630. The second-order valence-corrected chi connectivity index (χ2v) is 9.97. The van der Waals surface area contributed by atoms with Gasteiger partial charge in [-0.1, -0.05) is 18.2 Å². The molecule has 0 saturated heterocycles. The first-order chi connectivity index (χ1) is 16.6. The van der Waals surface area contributed by atoms with Gasteiger partial charge in [0, 0.05) is 10.6 Å². The highest BCUT2D eigenvalue weighted by Gasteiger charge is 2.24. The largest absolute Gasteiger partial charge is 0.503 e. The van der Waals surface area contributed by atoms with E-state index in [1.807, 2.05) is 6.07 Å². The van der Waals surface area contributed by atoms with E-state index >= 15 is 0 Å². The second-order valence-electron chi connectivity index (χ2n) is 7.20. The van der Waals surface area contributed by atoms with Gasteiger partial charge in [-0.3, -0.25) is 9.52 Å². The SMILES string of the molecule is N#Cc1cccc(S(=O)(=O)Nc2cccc(-c3ccc(C(=O)c4cc(F)c(F)c(O)c4F)s3)c2)c1. The van der Waals surface area contributed by atoms with Gasteiger partial charge < -0.3 is 5.11 Å². The molecule has 0 unspecified atom stereocenters. The highest BCUT2D eigenvalue weighted by Crippen LogP contribution is 2.33. The lowest BCUT2D eigenvalue weighted by atomic mass is 10.1. The number of thiophene rings is 1. The molecule has 2 N–H and O–H groups in total. The molecule has 0 atom stereocenters. The summed E-state index contributed by atoms with van der Waals surface area (Å²) in [4.78, 5) is 13.0. The van der Waals surface area contributed by atoms with Gasteiger partial charge in [0.1, 0.15) is 0 Å². The fraction of sp³-hybridized carbons (Fsp3) is 0. The Balaban J connectivity index is 1.61. The molecule has 11 heteroatoms. The summed E-state index contributed by atoms with van der Waals surface area (Å²) in [6.07, 6.45) is 0. The molecule has 0 fully saturated rings. The molecule has 0 aliphatic heterocycles. The molecule has 4 rings (SSSR count). The Morgan fingerprint density at radius 1 is 0.971 bits per heavy atom. The van der Waals surface area contributed by atoms with Crippen molar-refractivity contribution in [1.29, 1.82) is 5.26 Å². The van der Waals surface area contributed by atoms with Crippen molar-refractivity contribution < 1.29 is 31.5 Å². The third-order valence-electron chi connectivity index (χ3n) is 4.88. The van der Waals surface area contributed by atoms with Gasteiger partial charge in [0.05, 0.1) is 27.0 Å². The smallest absolute Gasteiger partial charge is 0.261 e. The molecule has 176 valence electrons. The number of hydrogen-bond acceptors (Lipinski definition) is 6. The van der Waals surface area contributed by atoms with E-state index < -0.39 is 44.6 Å². The second kappa shape index (κ2) is 9.25. The van der Waals surface area contributed by atoms with Gasteiger partial charge in [-0.05, 0) is 54.1 Å². The maximum Gasteiger partial charge on any atom is 0.261 e. The number of nitrogens with one attached hydrogen (secondary N) is 1. The van der Waals surface area contributed by atoms with Crippen molar-refractivity contribution in [2.45, 2.75) is 4.90 Å². The van der Waals surface area contributed by atoms with Crippen molar-refractivity contribution in [2.24, 2.45) is 0 Å². The van der Waals surface area contributed by atoms with E-state index in [2.05, 4.69) is 4.72 Å². The first kappa shape index (κ1) is 24.0. The van der Waals surface area contributed by atoms with Gasteiger partial charge in [0.2, 0.25) is 11.6 Å². The molecule has 0 aliphatic rings. The minimum Gasteiger partial charge on any atom is -0.503 e. The zero-order chi connectivity index (χ0) is 25.3. The summed E-state index contributed by atoms with van der Waals surface area (Å²) in [5, 5.41) is 18.4. The quantitative estimate of drug-likeness (QED) is 0.263. The number of anilines is 1. The number of sulfonamides is 1. The summed E-state index contributed by atoms with van der Waals surface area (Å²) < 4.78 is 68.9. The summed E-state index contributed by atoms with van der Waals surface area (Å²) >= 11 is 0.914. The molecule has 3 aromatic carbocycles. The lowest BCUT2D eigenvalue weighted by Crippen LogP contribution is -2.13. The number of phenolic OH excluding ortho intramolecular Hbond substituents is 1. The minimum absolute atomic E-state index is 0.0105. The fourth-order valence-electron chi connectivity index (χ4n) is 3.19. The zero-order valence-electron chi connectivity index (χ0n) is 17.4. The van der Waals surface area contributed by atoms with Gasteiger partial charge in [0.25, 0.3) is 10.0 Å². The topological polar surface area (TPSA) is 107 Å². The predicted octanol–water partition coefficient (Wildman–Crippen LogP) is 5.44. The molecule has 35 heavy (non-hydrogen) atoms. The number of nitriles is 1. The normalized spacial score (nSPS) is 11.1. The predicted molar refractivity (Wildman–Crippen MR) is 123 cm³/mol. The molecule has 4 aromatic rings. The Morgan fingerprint density at radius 3 is 2.46 bits per heavy atom. The third kappa shape index (κ3) is 4.75. The Morgan fingerprint density at radius 2 is 1.71 bits per heavy atom. The molecular weight excluding hydrogens is 501 g/mol. The van der Waals surface area contributed by atoms with Crippen LogP contribution < -0.4 is 4.72 Å². The summed E-state index contributed by atoms with van der Waals surface area (Å²) in [6, 6.07) is 16.9. The number of rotatable bonds is 6. The Labute approximate surface area is 201 Å². The fourth-order valence-corrected chi connectivity index (χ4v) is 5.24. The number of nitrogens with zero attached hydrogens (tertiary/aromatic N) is 1. The zero-order valence-corrected chi connectivity index (χ0v) is 19.1. The van der Waals surface area contributed by atoms with E-state index in [0.29, 0.717) is 16.5 Å². The highest BCUT2D eigenvalue weighted by molar-refractivity contribution is 7.92. The first-order valence-electron chi connectivity index (χ1n) is 9.75. The van der Waals surface area contributed by atoms with Crippen LogP contribution in [0.15, 0.2) is 71.6 Å². The third-order valence-corrected chi connectivity index (χ3v) is 7.39. The first-order valence-corrected chi connectivity index (χ1v) is 12.0. The number of benzene rings is 3. The van der Waals surface area contributed by atoms with Crippen LogP contribution in [0.25, 0.3) is 10.4 Å². The standard InChI is InChI=1S/C24H13F3N2O4S2/c25-18-11-17(21(26)24(31)22(18)27)23(30)20-8-7-19(34-20)14-4-2-5-15(10-14)29-35(32,33)16-6-1-3-13(9-16)12-28/h1-11,29,31H. The van der Waals surface area contributed by atoms with Crippen molar-refractivity contribution in [3.8, 4) is 22.3 Å². The van der Waals surface area contributed by atoms with Gasteiger partial charge in [-0.15, -0.1) is 11.3 Å². The number of halogens is 3. The van der Waals surface area contributed by atoms with E-state index in [0.717, 1.165) is 11.3 Å². The van der Waals surface area contributed by atoms with Crippen molar-refractivity contribution in [3.05, 3.63) is 100 Å². The van der Waals surface area contributed by atoms with Crippen LogP contribution >= 0.6 is 11.3 Å². The van der Waals surface area contributed by atoms with Crippen LogP contribution in [0.4, 0.5) is 18.9 Å². The number of carbonyl (C=O) groups excluding carboxylic acids is 1. The lowest BCUT2D eigenvalue weighted by Gasteiger charge is -2.09. The van der Waals surface area contributed by atoms with Crippen LogP contribution in [0.1, 0.15) is 20.8 Å². The van der Waals surface area contributed by atoms with Crippen LogP contribution in [0.3, 0.4) is 0 Å². The molecule has 1 heterocycles. The summed E-state index contributed by atoms with van der Waals surface area (Å²) in [7, 11) is -3.99. The molecule has 0 aliphatic carbocycles. The Hall–Kier alpha value is -4.14. The summed E-state index contributed by atoms with van der Waals surface area (Å²) in [5.41, 5.74) is 0.0930. The van der Waals surface area contributed by atoms with Crippen molar-refractivity contribution in [1.82, 2.24) is 0 Å². The van der Waals surface area contributed by atoms with Crippen molar-refractivity contribution in [2.75, 3.05) is 4.72 Å². The van der Waals surface area contributed by atoms with Gasteiger partial charge in [-0.25, -0.2) is 17.2 Å². The number of carbonyl (C=O) groups is 1. The van der Waals surface area contributed by atoms with Gasteiger partial charge in [-0.2, -0.15) is 9.65 Å². The van der Waals surface area contributed by atoms with Crippen LogP contribution in [0, 0.1) is 28.8 Å². The van der Waals surface area contributed by atoms with E-state index in [9.17, 15) is 31.5 Å². The molecule has 6 nitrogen and oxygen atoms in total. The molecule has 1 aromatic heterocycles. The maximum absolute atomic E-state index is 14.2. The summed E-state index contributed by atoms with van der Waals surface area (Å²) in [5.74, 6) is -7.46. The van der Waals surface area contributed by atoms with Gasteiger partial charge >= 0.3 is 0 Å². The maximum atomic E-state index is 14.2. The molecular formula is C24H13F3N2O4S2. The van der Waals surface area contributed by atoms with Crippen LogP contribution in [-0.4, -0.2) is 19.3 Å². The van der Waals surface area contributed by atoms with E-state index in [1.165, 1.54) is 48.5 Å². The lowest BCUT2D eigenvalue weighted by molar-refractivity contribution is 0.103. The molecule has 0 bridgehead atoms. The van der Waals surface area contributed by atoms with E-state index in [-0.39, 0.29) is 21.0 Å². The van der Waals surface area contributed by atoms with E-state index in [1.54, 1.807) is 12.1 Å². The number of hydrogen-bond donors (Lipinski definition) is 2. The monoisotopic (exact) mass is 514 g/mol.